The minimum absolute atomic E-state index is 0.0291. The molecule has 0 saturated carbocycles. The van der Waals surface area contributed by atoms with Crippen molar-refractivity contribution in [3.8, 4) is 0 Å². The van der Waals surface area contributed by atoms with Crippen molar-refractivity contribution < 1.29 is 19.3 Å². The molecule has 0 aliphatic heterocycles. The zero-order valence-electron chi connectivity index (χ0n) is 13.9. The zero-order chi connectivity index (χ0) is 18.9. The molecular weight excluding hydrogens is 342 g/mol. The van der Waals surface area contributed by atoms with Gasteiger partial charge in [0.25, 0.3) is 11.4 Å². The Morgan fingerprint density at radius 2 is 1.27 bits per heavy atom. The van der Waals surface area contributed by atoms with Crippen molar-refractivity contribution in [3.63, 3.8) is 0 Å². The highest BCUT2D eigenvalue weighted by molar-refractivity contribution is 5.39. The second-order valence-corrected chi connectivity index (χ2v) is 5.40. The van der Waals surface area contributed by atoms with E-state index in [1.54, 1.807) is 36.4 Å². The number of rotatable bonds is 10. The van der Waals surface area contributed by atoms with Crippen LogP contribution in [-0.2, 0) is 22.7 Å². The highest BCUT2D eigenvalue weighted by Gasteiger charge is 2.18. The molecule has 0 amide bonds. The van der Waals surface area contributed by atoms with Gasteiger partial charge in [0.05, 0.1) is 34.2 Å². The second-order valence-electron chi connectivity index (χ2n) is 5.40. The number of benzene rings is 2. The minimum Gasteiger partial charge on any atom is -0.348 e. The molecule has 0 aliphatic carbocycles. The summed E-state index contributed by atoms with van der Waals surface area (Å²) in [6.07, 6.45) is -0.388. The summed E-state index contributed by atoms with van der Waals surface area (Å²) in [5.74, 6) is 0. The molecule has 2 rings (SSSR count). The van der Waals surface area contributed by atoms with Crippen LogP contribution in [-0.4, -0.2) is 22.7 Å². The van der Waals surface area contributed by atoms with Gasteiger partial charge < -0.3 is 15.2 Å². The summed E-state index contributed by atoms with van der Waals surface area (Å²) in [6.45, 7) is 0.218. The first-order valence-electron chi connectivity index (χ1n) is 7.90. The quantitative estimate of drug-likeness (QED) is 0.391. The van der Waals surface area contributed by atoms with Crippen molar-refractivity contribution in [2.24, 2.45) is 5.73 Å². The molecule has 0 unspecified atom stereocenters. The summed E-state index contributed by atoms with van der Waals surface area (Å²) in [7, 11) is 0. The Morgan fingerprint density at radius 3 is 1.65 bits per heavy atom. The van der Waals surface area contributed by atoms with Crippen LogP contribution in [0.2, 0.25) is 0 Å². The lowest BCUT2D eigenvalue weighted by Crippen LogP contribution is -2.21. The van der Waals surface area contributed by atoms with Gasteiger partial charge in [-0.05, 0) is 18.7 Å². The van der Waals surface area contributed by atoms with Crippen LogP contribution in [0.5, 0.6) is 0 Å². The van der Waals surface area contributed by atoms with Gasteiger partial charge in [0.2, 0.25) is 0 Å². The Bertz CT molecular complexity index is 706. The van der Waals surface area contributed by atoms with Crippen molar-refractivity contribution in [1.29, 1.82) is 0 Å². The number of hydrogen-bond acceptors (Lipinski definition) is 7. The van der Waals surface area contributed by atoms with E-state index in [0.29, 0.717) is 17.5 Å². The number of ether oxygens (including phenoxy) is 2. The number of nitrogens with two attached hydrogens (primary N) is 1. The molecule has 2 aromatic carbocycles. The van der Waals surface area contributed by atoms with Crippen LogP contribution >= 0.6 is 0 Å². The van der Waals surface area contributed by atoms with Crippen LogP contribution in [0.1, 0.15) is 17.5 Å². The first-order valence-corrected chi connectivity index (χ1v) is 7.90. The number of hydrogen-bond donors (Lipinski definition) is 1. The molecule has 2 aromatic rings. The Balaban J connectivity index is 2.02. The van der Waals surface area contributed by atoms with Crippen LogP contribution < -0.4 is 5.73 Å². The maximum absolute atomic E-state index is 11.0. The molecule has 0 heterocycles. The Hall–Kier alpha value is -2.88. The van der Waals surface area contributed by atoms with E-state index in [9.17, 15) is 20.2 Å². The Morgan fingerprint density at radius 1 is 0.846 bits per heavy atom. The second kappa shape index (κ2) is 9.56. The fraction of sp³-hybridized carbons (Fsp3) is 0.294. The van der Waals surface area contributed by atoms with Gasteiger partial charge in [-0.3, -0.25) is 20.2 Å². The Labute approximate surface area is 149 Å². The van der Waals surface area contributed by atoms with Crippen LogP contribution in [0.3, 0.4) is 0 Å². The molecule has 0 radical (unpaired) electrons. The minimum atomic E-state index is -0.736. The largest absolute Gasteiger partial charge is 0.348 e. The van der Waals surface area contributed by atoms with E-state index < -0.39 is 16.1 Å². The van der Waals surface area contributed by atoms with E-state index in [1.807, 2.05) is 0 Å². The molecule has 0 aromatic heterocycles. The summed E-state index contributed by atoms with van der Waals surface area (Å²) in [4.78, 5) is 21.1. The molecule has 0 fully saturated rings. The molecule has 0 aliphatic rings. The highest BCUT2D eigenvalue weighted by atomic mass is 16.7. The van der Waals surface area contributed by atoms with Gasteiger partial charge in [-0.2, -0.15) is 0 Å². The van der Waals surface area contributed by atoms with Gasteiger partial charge in [0, 0.05) is 18.6 Å². The lowest BCUT2D eigenvalue weighted by atomic mass is 10.2. The average Bonchev–Trinajstić information content (AvgIpc) is 2.64. The average molecular weight is 361 g/mol. The third-order valence-electron chi connectivity index (χ3n) is 3.63. The smallest absolute Gasteiger partial charge is 0.274 e. The van der Waals surface area contributed by atoms with E-state index in [1.165, 1.54) is 12.1 Å². The van der Waals surface area contributed by atoms with Crippen molar-refractivity contribution in [3.05, 3.63) is 79.9 Å². The summed E-state index contributed by atoms with van der Waals surface area (Å²) < 4.78 is 11.2. The van der Waals surface area contributed by atoms with Gasteiger partial charge >= 0.3 is 0 Å². The molecule has 9 nitrogen and oxygen atoms in total. The standard InChI is InChI=1S/C17H19N3O6/c18-10-9-17(25-11-13-5-1-3-7-15(13)19(21)22)26-12-14-6-2-4-8-16(14)20(23)24/h1-8,17H,9-12,18H2. The molecular formula is C17H19N3O6. The van der Waals surface area contributed by atoms with Crippen molar-refractivity contribution >= 4 is 11.4 Å². The number of nitro benzene ring substituents is 2. The van der Waals surface area contributed by atoms with Crippen molar-refractivity contribution in [2.45, 2.75) is 25.9 Å². The van der Waals surface area contributed by atoms with Crippen molar-refractivity contribution in [1.82, 2.24) is 0 Å². The predicted molar refractivity (Wildman–Crippen MR) is 93.2 cm³/mol. The summed E-state index contributed by atoms with van der Waals surface area (Å²) in [5, 5.41) is 22.1. The molecule has 0 spiro atoms. The lowest BCUT2D eigenvalue weighted by Gasteiger charge is -2.18. The summed E-state index contributed by atoms with van der Waals surface area (Å²) >= 11 is 0. The van der Waals surface area contributed by atoms with Gasteiger partial charge in [-0.25, -0.2) is 0 Å². The monoisotopic (exact) mass is 361 g/mol. The molecule has 138 valence electrons. The normalized spacial score (nSPS) is 10.8. The first-order chi connectivity index (χ1) is 12.5. The van der Waals surface area contributed by atoms with Crippen molar-refractivity contribution in [2.75, 3.05) is 6.54 Å². The highest BCUT2D eigenvalue weighted by Crippen LogP contribution is 2.22. The fourth-order valence-electron chi connectivity index (χ4n) is 2.34. The molecule has 26 heavy (non-hydrogen) atoms. The molecule has 9 heteroatoms. The summed E-state index contributed by atoms with van der Waals surface area (Å²) in [6, 6.07) is 12.5. The van der Waals surface area contributed by atoms with Gasteiger partial charge in [-0.15, -0.1) is 0 Å². The van der Waals surface area contributed by atoms with Gasteiger partial charge in [-0.1, -0.05) is 24.3 Å². The van der Waals surface area contributed by atoms with E-state index in [4.69, 9.17) is 15.2 Å². The van der Waals surface area contributed by atoms with Crippen LogP contribution in [0.25, 0.3) is 0 Å². The maximum Gasteiger partial charge on any atom is 0.274 e. The van der Waals surface area contributed by atoms with Crippen LogP contribution in [0, 0.1) is 20.2 Å². The number of nitro groups is 2. The number of nitrogens with zero attached hydrogens (tertiary/aromatic N) is 2. The lowest BCUT2D eigenvalue weighted by molar-refractivity contribution is -0.386. The zero-order valence-corrected chi connectivity index (χ0v) is 13.9. The molecule has 2 N–H and O–H groups in total. The van der Waals surface area contributed by atoms with Gasteiger partial charge in [0.15, 0.2) is 6.29 Å². The predicted octanol–water partition coefficient (Wildman–Crippen LogP) is 2.91. The number of para-hydroxylation sites is 2. The topological polar surface area (TPSA) is 131 Å². The molecule has 0 saturated heterocycles. The van der Waals surface area contributed by atoms with Gasteiger partial charge in [0.1, 0.15) is 0 Å². The van der Waals surface area contributed by atoms with Crippen LogP contribution in [0.4, 0.5) is 11.4 Å². The molecule has 0 atom stereocenters. The third kappa shape index (κ3) is 5.31. The fourth-order valence-corrected chi connectivity index (χ4v) is 2.34. The van der Waals surface area contributed by atoms with E-state index in [2.05, 4.69) is 0 Å². The van der Waals surface area contributed by atoms with E-state index in [0.717, 1.165) is 0 Å². The first kappa shape index (κ1) is 19.4. The SMILES string of the molecule is NCCC(OCc1ccccc1[N+](=O)[O-])OCc1ccccc1[N+](=O)[O-]. The third-order valence-corrected chi connectivity index (χ3v) is 3.63. The Kier molecular flexibility index (Phi) is 7.15. The molecule has 0 bridgehead atoms. The maximum atomic E-state index is 11.0. The summed E-state index contributed by atoms with van der Waals surface area (Å²) in [5.41, 5.74) is 6.28. The van der Waals surface area contributed by atoms with Crippen LogP contribution in [0.15, 0.2) is 48.5 Å². The van der Waals surface area contributed by atoms with E-state index in [-0.39, 0.29) is 31.1 Å². The van der Waals surface area contributed by atoms with E-state index >= 15 is 0 Å².